The molecule has 0 spiro atoms. The smallest absolute Gasteiger partial charge is 0.446 e. The van der Waals surface area contributed by atoms with Crippen molar-refractivity contribution in [2.24, 2.45) is 0 Å². The molecule has 1 aromatic carbocycles. The maximum absolute atomic E-state index is 12.4. The molecule has 7 heteroatoms. The summed E-state index contributed by atoms with van der Waals surface area (Å²) in [5.74, 6) is -0.670. The van der Waals surface area contributed by atoms with Crippen molar-refractivity contribution in [1.82, 2.24) is 0 Å². The average Bonchev–Trinajstić information content (AvgIpc) is 2.35. The molecule has 102 valence electrons. The van der Waals surface area contributed by atoms with Crippen LogP contribution in [-0.2, 0) is 11.2 Å². The number of hydrogen-bond acceptors (Lipinski definition) is 4. The van der Waals surface area contributed by atoms with E-state index in [1.807, 2.05) is 0 Å². The number of esters is 1. The quantitative estimate of drug-likeness (QED) is 0.631. The number of carbonyl (C=O) groups is 1. The number of alkyl halides is 3. The zero-order valence-electron chi connectivity index (χ0n) is 10.2. The summed E-state index contributed by atoms with van der Waals surface area (Å²) in [6, 6.07) is 4.01. The number of carbonyl (C=O) groups excluding carboxylic acids is 1. The van der Waals surface area contributed by atoms with Crippen LogP contribution in [0.1, 0.15) is 28.4 Å². The van der Waals surface area contributed by atoms with Gasteiger partial charge >= 0.3 is 11.5 Å². The molecule has 1 aromatic rings. The van der Waals surface area contributed by atoms with Crippen molar-refractivity contribution in [2.45, 2.75) is 23.7 Å². The molecule has 0 saturated carbocycles. The average molecular weight is 289 g/mol. The molecule has 19 heavy (non-hydrogen) atoms. The van der Waals surface area contributed by atoms with E-state index in [1.54, 1.807) is 13.0 Å². The van der Waals surface area contributed by atoms with Gasteiger partial charge in [0.1, 0.15) is 6.07 Å². The molecule has 3 nitrogen and oxygen atoms in total. The molecule has 0 saturated heterocycles. The Morgan fingerprint density at radius 3 is 2.53 bits per heavy atom. The largest absolute Gasteiger partial charge is 0.465 e. The molecule has 0 aliphatic heterocycles. The first kappa shape index (κ1) is 15.4. The molecule has 0 atom stereocenters. The lowest BCUT2D eigenvalue weighted by Crippen LogP contribution is -2.08. The topological polar surface area (TPSA) is 50.1 Å². The number of ether oxygens (including phenoxy) is 1. The van der Waals surface area contributed by atoms with Gasteiger partial charge in [-0.15, -0.1) is 0 Å². The number of nitrogens with zero attached hydrogens (tertiary/aromatic N) is 1. The highest BCUT2D eigenvalue weighted by atomic mass is 32.2. The van der Waals surface area contributed by atoms with Crippen molar-refractivity contribution in [2.75, 3.05) is 7.11 Å². The minimum atomic E-state index is -4.48. The minimum Gasteiger partial charge on any atom is -0.465 e. The molecule has 0 bridgehead atoms. The van der Waals surface area contributed by atoms with E-state index in [0.29, 0.717) is 12.0 Å². The summed E-state index contributed by atoms with van der Waals surface area (Å²) in [5, 5.41) is 8.88. The third kappa shape index (κ3) is 3.89. The molecule has 0 aliphatic carbocycles. The fourth-order valence-electron chi connectivity index (χ4n) is 1.51. The van der Waals surface area contributed by atoms with E-state index < -0.39 is 11.5 Å². The number of hydrogen-bond donors (Lipinski definition) is 0. The Morgan fingerprint density at radius 2 is 2.11 bits per heavy atom. The molecule has 0 aliphatic rings. The van der Waals surface area contributed by atoms with Gasteiger partial charge in [-0.05, 0) is 35.9 Å². The summed E-state index contributed by atoms with van der Waals surface area (Å²) in [5.41, 5.74) is -4.14. The molecule has 0 heterocycles. The van der Waals surface area contributed by atoms with Gasteiger partial charge in [0.25, 0.3) is 0 Å². The zero-order chi connectivity index (χ0) is 14.6. The highest BCUT2D eigenvalue weighted by Gasteiger charge is 2.31. The predicted octanol–water partition coefficient (Wildman–Crippen LogP) is 3.52. The highest BCUT2D eigenvalue weighted by molar-refractivity contribution is 8.00. The minimum absolute atomic E-state index is 0.119. The Balaban J connectivity index is 3.36. The van der Waals surface area contributed by atoms with E-state index >= 15 is 0 Å². The predicted molar refractivity (Wildman–Crippen MR) is 63.8 cm³/mol. The third-order valence-electron chi connectivity index (χ3n) is 2.34. The van der Waals surface area contributed by atoms with Gasteiger partial charge in [-0.2, -0.15) is 18.4 Å². The second-order valence-electron chi connectivity index (χ2n) is 3.51. The molecule has 0 radical (unpaired) electrons. The van der Waals surface area contributed by atoms with Gasteiger partial charge in [-0.3, -0.25) is 0 Å². The van der Waals surface area contributed by atoms with Crippen molar-refractivity contribution in [3.05, 3.63) is 28.8 Å². The molecule has 0 amide bonds. The summed E-state index contributed by atoms with van der Waals surface area (Å²) in [7, 11) is 1.17. The summed E-state index contributed by atoms with van der Waals surface area (Å²) in [4.78, 5) is 11.3. The standard InChI is InChI=1S/C12H10F3NO2S/c1-3-7-5-10(19-12(13,14)15)8(6-16)4-9(7)11(17)18-2/h4-5H,3H2,1-2H3. The van der Waals surface area contributed by atoms with Crippen LogP contribution in [0.3, 0.4) is 0 Å². The van der Waals surface area contributed by atoms with Crippen LogP contribution >= 0.6 is 11.8 Å². The van der Waals surface area contributed by atoms with Gasteiger partial charge < -0.3 is 4.74 Å². The van der Waals surface area contributed by atoms with E-state index in [-0.39, 0.29) is 27.8 Å². The molecule has 0 N–H and O–H groups in total. The Kier molecular flexibility index (Phi) is 4.84. The van der Waals surface area contributed by atoms with Gasteiger partial charge in [-0.25, -0.2) is 4.79 Å². The van der Waals surface area contributed by atoms with Gasteiger partial charge in [0.05, 0.1) is 18.2 Å². The van der Waals surface area contributed by atoms with Gasteiger partial charge in [-0.1, -0.05) is 6.92 Å². The normalized spacial score (nSPS) is 10.9. The second kappa shape index (κ2) is 5.97. The van der Waals surface area contributed by atoms with Crippen molar-refractivity contribution >= 4 is 17.7 Å². The summed E-state index contributed by atoms with van der Waals surface area (Å²) >= 11 is -0.365. The molecule has 0 aromatic heterocycles. The van der Waals surface area contributed by atoms with Gasteiger partial charge in [0, 0.05) is 4.90 Å². The van der Waals surface area contributed by atoms with Gasteiger partial charge in [0.2, 0.25) is 0 Å². The van der Waals surface area contributed by atoms with Crippen molar-refractivity contribution in [3.63, 3.8) is 0 Å². The lowest BCUT2D eigenvalue weighted by Gasteiger charge is -2.12. The van der Waals surface area contributed by atoms with E-state index in [2.05, 4.69) is 4.74 Å². The molecule has 0 fully saturated rings. The summed E-state index contributed by atoms with van der Waals surface area (Å²) in [6.45, 7) is 1.70. The maximum Gasteiger partial charge on any atom is 0.446 e. The van der Waals surface area contributed by atoms with Gasteiger partial charge in [0.15, 0.2) is 0 Å². The number of rotatable bonds is 3. The van der Waals surface area contributed by atoms with E-state index in [9.17, 15) is 18.0 Å². The van der Waals surface area contributed by atoms with Crippen LogP contribution in [0.15, 0.2) is 17.0 Å². The maximum atomic E-state index is 12.4. The zero-order valence-corrected chi connectivity index (χ0v) is 11.0. The van der Waals surface area contributed by atoms with Crippen LogP contribution < -0.4 is 0 Å². The van der Waals surface area contributed by atoms with Crippen LogP contribution in [0.2, 0.25) is 0 Å². The van der Waals surface area contributed by atoms with E-state index in [1.165, 1.54) is 13.2 Å². The van der Waals surface area contributed by atoms with Crippen LogP contribution in [0.25, 0.3) is 0 Å². The Morgan fingerprint density at radius 1 is 1.47 bits per heavy atom. The van der Waals surface area contributed by atoms with Crippen molar-refractivity contribution in [3.8, 4) is 6.07 Å². The lowest BCUT2D eigenvalue weighted by molar-refractivity contribution is -0.0328. The third-order valence-corrected chi connectivity index (χ3v) is 3.13. The first-order valence-electron chi connectivity index (χ1n) is 5.23. The number of nitriles is 1. The highest BCUT2D eigenvalue weighted by Crippen LogP contribution is 2.39. The number of methoxy groups -OCH3 is 1. The van der Waals surface area contributed by atoms with Crippen molar-refractivity contribution < 1.29 is 22.7 Å². The number of benzene rings is 1. The number of halogens is 3. The molecular formula is C12H10F3NO2S. The molecule has 0 unspecified atom stereocenters. The number of aryl methyl sites for hydroxylation is 1. The van der Waals surface area contributed by atoms with Crippen LogP contribution in [0.4, 0.5) is 13.2 Å². The summed E-state index contributed by atoms with van der Waals surface area (Å²) in [6.07, 6.45) is 0.363. The SMILES string of the molecule is CCc1cc(SC(F)(F)F)c(C#N)cc1C(=O)OC. The first-order chi connectivity index (χ1) is 8.82. The lowest BCUT2D eigenvalue weighted by atomic mass is 10.0. The first-order valence-corrected chi connectivity index (χ1v) is 6.05. The monoisotopic (exact) mass is 289 g/mol. The fraction of sp³-hybridized carbons (Fsp3) is 0.333. The Hall–Kier alpha value is -1.68. The fourth-order valence-corrected chi connectivity index (χ4v) is 2.18. The van der Waals surface area contributed by atoms with Crippen molar-refractivity contribution in [1.29, 1.82) is 5.26 Å². The van der Waals surface area contributed by atoms with Crippen LogP contribution in [-0.4, -0.2) is 18.6 Å². The second-order valence-corrected chi connectivity index (χ2v) is 4.62. The Labute approximate surface area is 112 Å². The van der Waals surface area contributed by atoms with Crippen LogP contribution in [0, 0.1) is 11.3 Å². The van der Waals surface area contributed by atoms with E-state index in [4.69, 9.17) is 5.26 Å². The van der Waals surface area contributed by atoms with E-state index in [0.717, 1.165) is 6.07 Å². The van der Waals surface area contributed by atoms with Crippen LogP contribution in [0.5, 0.6) is 0 Å². The Bertz CT molecular complexity index is 535. The molecular weight excluding hydrogens is 279 g/mol. The number of thioether (sulfide) groups is 1. The summed E-state index contributed by atoms with van der Waals surface area (Å²) < 4.78 is 41.7. The molecule has 1 rings (SSSR count).